The Hall–Kier alpha value is -4.00. The van der Waals surface area contributed by atoms with E-state index in [2.05, 4.69) is 0 Å². The summed E-state index contributed by atoms with van der Waals surface area (Å²) in [5.74, 6) is -2.36. The van der Waals surface area contributed by atoms with Crippen molar-refractivity contribution >= 4 is 28.8 Å². The molecule has 3 aromatic carbocycles. The predicted octanol–water partition coefficient (Wildman–Crippen LogP) is 4.71. The fourth-order valence-corrected chi connectivity index (χ4v) is 4.36. The molecule has 5 nitrogen and oxygen atoms in total. The van der Waals surface area contributed by atoms with Crippen molar-refractivity contribution in [3.05, 3.63) is 95.2 Å². The molecule has 33 heavy (non-hydrogen) atoms. The van der Waals surface area contributed by atoms with Gasteiger partial charge in [0.05, 0.1) is 17.9 Å². The summed E-state index contributed by atoms with van der Waals surface area (Å²) in [5.41, 5.74) is 2.25. The maximum absolute atomic E-state index is 14.6. The molecule has 2 aliphatic rings. The Morgan fingerprint density at radius 1 is 0.909 bits per heavy atom. The van der Waals surface area contributed by atoms with Crippen LogP contribution in [0.4, 0.5) is 20.2 Å². The molecule has 0 saturated carbocycles. The molecule has 3 aromatic rings. The Morgan fingerprint density at radius 3 is 2.42 bits per heavy atom. The smallest absolute Gasteiger partial charge is 0.282 e. The maximum Gasteiger partial charge on any atom is 0.282 e. The molecule has 2 aliphatic heterocycles. The van der Waals surface area contributed by atoms with Crippen LogP contribution in [-0.4, -0.2) is 25.0 Å². The minimum absolute atomic E-state index is 0.142. The third-order valence-corrected chi connectivity index (χ3v) is 5.82. The number of rotatable bonds is 5. The van der Waals surface area contributed by atoms with E-state index in [-0.39, 0.29) is 11.3 Å². The number of ether oxygens (including phenoxy) is 1. The van der Waals surface area contributed by atoms with Crippen LogP contribution in [0.3, 0.4) is 0 Å². The number of benzene rings is 3. The molecule has 2 heterocycles. The molecule has 2 amide bonds. The van der Waals surface area contributed by atoms with Gasteiger partial charge in [-0.2, -0.15) is 0 Å². The van der Waals surface area contributed by atoms with E-state index in [9.17, 15) is 18.4 Å². The lowest BCUT2D eigenvalue weighted by molar-refractivity contribution is -0.120. The van der Waals surface area contributed by atoms with E-state index in [0.717, 1.165) is 34.3 Å². The normalized spacial score (nSPS) is 15.5. The number of hydrogen-bond acceptors (Lipinski definition) is 4. The van der Waals surface area contributed by atoms with E-state index in [1.54, 1.807) is 29.2 Å². The van der Waals surface area contributed by atoms with E-state index in [1.165, 1.54) is 0 Å². The van der Waals surface area contributed by atoms with Gasteiger partial charge in [-0.05, 0) is 54.8 Å². The molecule has 0 aromatic heterocycles. The van der Waals surface area contributed by atoms with Gasteiger partial charge >= 0.3 is 0 Å². The van der Waals surface area contributed by atoms with Gasteiger partial charge in [0, 0.05) is 18.3 Å². The Kier molecular flexibility index (Phi) is 5.17. The van der Waals surface area contributed by atoms with Gasteiger partial charge in [-0.3, -0.25) is 9.59 Å². The first kappa shape index (κ1) is 20.9. The quantitative estimate of drug-likeness (QED) is 0.533. The highest BCUT2D eigenvalue weighted by molar-refractivity contribution is 6.46. The van der Waals surface area contributed by atoms with Crippen molar-refractivity contribution in [2.75, 3.05) is 23.0 Å². The van der Waals surface area contributed by atoms with Crippen LogP contribution in [0.2, 0.25) is 0 Å². The van der Waals surface area contributed by atoms with Gasteiger partial charge in [0.15, 0.2) is 0 Å². The Bertz CT molecular complexity index is 1300. The van der Waals surface area contributed by atoms with Crippen molar-refractivity contribution in [3.63, 3.8) is 0 Å². The summed E-state index contributed by atoms with van der Waals surface area (Å²) in [6.07, 6.45) is 0.700. The zero-order valence-corrected chi connectivity index (χ0v) is 17.8. The summed E-state index contributed by atoms with van der Waals surface area (Å²) in [6, 6.07) is 17.2. The molecule has 7 heteroatoms. The highest BCUT2D eigenvalue weighted by atomic mass is 19.1. The Balaban J connectivity index is 1.67. The maximum atomic E-state index is 14.6. The number of imide groups is 1. The molecule has 0 bridgehead atoms. The predicted molar refractivity (Wildman–Crippen MR) is 121 cm³/mol. The molecule has 0 aliphatic carbocycles. The van der Waals surface area contributed by atoms with E-state index in [1.807, 2.05) is 31.2 Å². The Labute approximate surface area is 189 Å². The van der Waals surface area contributed by atoms with Gasteiger partial charge in [-0.15, -0.1) is 0 Å². The lowest BCUT2D eigenvalue weighted by Crippen LogP contribution is -2.35. The number of anilines is 2. The zero-order valence-electron chi connectivity index (χ0n) is 17.8. The number of carbonyl (C=O) groups is 2. The second kappa shape index (κ2) is 8.16. The highest BCUT2D eigenvalue weighted by Gasteiger charge is 2.45. The molecule has 0 saturated heterocycles. The monoisotopic (exact) mass is 446 g/mol. The molecule has 0 radical (unpaired) electrons. The molecule has 0 spiro atoms. The number of para-hydroxylation sites is 1. The summed E-state index contributed by atoms with van der Waals surface area (Å²) in [6.45, 7) is 2.85. The van der Waals surface area contributed by atoms with Gasteiger partial charge < -0.3 is 9.64 Å². The summed E-state index contributed by atoms with van der Waals surface area (Å²) >= 11 is 0. The minimum atomic E-state index is -0.854. The van der Waals surface area contributed by atoms with Crippen LogP contribution in [0, 0.1) is 11.6 Å². The van der Waals surface area contributed by atoms with Gasteiger partial charge in [0.25, 0.3) is 11.8 Å². The average Bonchev–Trinajstić information content (AvgIpc) is 3.34. The Morgan fingerprint density at radius 2 is 1.67 bits per heavy atom. The third-order valence-electron chi connectivity index (χ3n) is 5.82. The van der Waals surface area contributed by atoms with Crippen molar-refractivity contribution in [2.45, 2.75) is 13.3 Å². The largest absolute Gasteiger partial charge is 0.494 e. The molecule has 166 valence electrons. The summed E-state index contributed by atoms with van der Waals surface area (Å²) in [5, 5.41) is 0. The van der Waals surface area contributed by atoms with Crippen LogP contribution >= 0.6 is 0 Å². The van der Waals surface area contributed by atoms with Gasteiger partial charge in [-0.25, -0.2) is 13.7 Å². The first-order valence-corrected chi connectivity index (χ1v) is 10.7. The van der Waals surface area contributed by atoms with Crippen molar-refractivity contribution in [2.24, 2.45) is 0 Å². The van der Waals surface area contributed by atoms with E-state index in [0.29, 0.717) is 30.9 Å². The lowest BCUT2D eigenvalue weighted by Gasteiger charge is -2.22. The molecule has 0 N–H and O–H groups in total. The minimum Gasteiger partial charge on any atom is -0.494 e. The second-order valence-corrected chi connectivity index (χ2v) is 7.75. The second-order valence-electron chi connectivity index (χ2n) is 7.75. The van der Waals surface area contributed by atoms with Crippen LogP contribution < -0.4 is 14.5 Å². The fraction of sp³-hybridized carbons (Fsp3) is 0.154. The van der Waals surface area contributed by atoms with Crippen LogP contribution in [0.25, 0.3) is 5.57 Å². The van der Waals surface area contributed by atoms with Gasteiger partial charge in [0.2, 0.25) is 0 Å². The van der Waals surface area contributed by atoms with Gasteiger partial charge in [0.1, 0.15) is 23.1 Å². The van der Waals surface area contributed by atoms with Crippen LogP contribution in [-0.2, 0) is 16.0 Å². The van der Waals surface area contributed by atoms with Gasteiger partial charge in [-0.1, -0.05) is 30.3 Å². The van der Waals surface area contributed by atoms with Crippen LogP contribution in [0.1, 0.15) is 18.1 Å². The first-order chi connectivity index (χ1) is 16.0. The zero-order chi connectivity index (χ0) is 23.1. The number of carbonyl (C=O) groups excluding carboxylic acids is 2. The van der Waals surface area contributed by atoms with Crippen LogP contribution in [0.15, 0.2) is 72.4 Å². The summed E-state index contributed by atoms with van der Waals surface area (Å²) in [4.78, 5) is 29.7. The SMILES string of the molecule is CCOc1ccc(C2=C(N3CCc4ccccc43)C(=O)N(c3cc(F)ccc3F)C2=O)cc1. The molecular weight excluding hydrogens is 426 g/mol. The number of nitrogens with zero attached hydrogens (tertiary/aromatic N) is 2. The number of amides is 2. The standard InChI is InChI=1S/C26H20F2N2O3/c1-2-33-19-10-7-17(8-11-19)23-24(29-14-13-16-5-3-4-6-21(16)29)26(32)30(25(23)31)22-15-18(27)9-12-20(22)28/h3-12,15H,2,13-14H2,1H3. The molecule has 0 unspecified atom stereocenters. The molecule has 0 atom stereocenters. The van der Waals surface area contributed by atoms with Crippen molar-refractivity contribution in [1.29, 1.82) is 0 Å². The topological polar surface area (TPSA) is 49.9 Å². The lowest BCUT2D eigenvalue weighted by atomic mass is 10.0. The summed E-state index contributed by atoms with van der Waals surface area (Å²) in [7, 11) is 0. The van der Waals surface area contributed by atoms with Crippen molar-refractivity contribution in [3.8, 4) is 5.75 Å². The summed E-state index contributed by atoms with van der Waals surface area (Å²) < 4.78 is 34.0. The van der Waals surface area contributed by atoms with E-state index in [4.69, 9.17) is 4.74 Å². The number of fused-ring (bicyclic) bond motifs is 1. The third kappa shape index (κ3) is 3.46. The fourth-order valence-electron chi connectivity index (χ4n) is 4.36. The molecular formula is C26H20F2N2O3. The molecule has 0 fully saturated rings. The van der Waals surface area contributed by atoms with Crippen molar-refractivity contribution in [1.82, 2.24) is 0 Å². The first-order valence-electron chi connectivity index (χ1n) is 10.7. The van der Waals surface area contributed by atoms with E-state index >= 15 is 0 Å². The van der Waals surface area contributed by atoms with Crippen LogP contribution in [0.5, 0.6) is 5.75 Å². The van der Waals surface area contributed by atoms with Crippen molar-refractivity contribution < 1.29 is 23.1 Å². The average molecular weight is 446 g/mol. The number of halogens is 2. The molecule has 5 rings (SSSR count). The highest BCUT2D eigenvalue weighted by Crippen LogP contribution is 2.40. The van der Waals surface area contributed by atoms with E-state index < -0.39 is 29.1 Å². The number of hydrogen-bond donors (Lipinski definition) is 0.